The normalized spacial score (nSPS) is 16.7. The fourth-order valence-corrected chi connectivity index (χ4v) is 3.24. The van der Waals surface area contributed by atoms with Crippen molar-refractivity contribution < 1.29 is 14.7 Å². The number of fused-ring (bicyclic) bond motifs is 1. The summed E-state index contributed by atoms with van der Waals surface area (Å²) in [5, 5.41) is 9.68. The second kappa shape index (κ2) is 6.24. The highest BCUT2D eigenvalue weighted by molar-refractivity contribution is 5.98. The molecule has 0 radical (unpaired) electrons. The van der Waals surface area contributed by atoms with Crippen LogP contribution in [0.5, 0.6) is 0 Å². The SMILES string of the molecule is CCc1ccccc1C(=O)N1CCc2ccccc2C1C(=O)O. The van der Waals surface area contributed by atoms with Crippen LogP contribution in [0.4, 0.5) is 0 Å². The summed E-state index contributed by atoms with van der Waals surface area (Å²) in [7, 11) is 0. The van der Waals surface area contributed by atoms with E-state index in [9.17, 15) is 14.7 Å². The molecule has 3 rings (SSSR count). The lowest BCUT2D eigenvalue weighted by atomic mass is 9.91. The number of nitrogens with zero attached hydrogens (tertiary/aromatic N) is 1. The van der Waals surface area contributed by atoms with Crippen molar-refractivity contribution in [3.8, 4) is 0 Å². The minimum atomic E-state index is -0.987. The third-order valence-corrected chi connectivity index (χ3v) is 4.41. The lowest BCUT2D eigenvalue weighted by Crippen LogP contribution is -2.43. The van der Waals surface area contributed by atoms with Gasteiger partial charge in [0, 0.05) is 12.1 Å². The molecule has 1 aliphatic heterocycles. The van der Waals surface area contributed by atoms with E-state index >= 15 is 0 Å². The lowest BCUT2D eigenvalue weighted by Gasteiger charge is -2.35. The Labute approximate surface area is 135 Å². The van der Waals surface area contributed by atoms with Gasteiger partial charge in [-0.3, -0.25) is 4.79 Å². The molecule has 0 saturated heterocycles. The number of hydrogen-bond donors (Lipinski definition) is 1. The highest BCUT2D eigenvalue weighted by Crippen LogP contribution is 2.31. The van der Waals surface area contributed by atoms with Crippen molar-refractivity contribution in [2.45, 2.75) is 25.8 Å². The van der Waals surface area contributed by atoms with Gasteiger partial charge in [0.25, 0.3) is 5.91 Å². The van der Waals surface area contributed by atoms with Crippen LogP contribution in [0, 0.1) is 0 Å². The van der Waals surface area contributed by atoms with Crippen LogP contribution in [0.15, 0.2) is 48.5 Å². The van der Waals surface area contributed by atoms with E-state index in [2.05, 4.69) is 0 Å². The zero-order chi connectivity index (χ0) is 16.4. The Balaban J connectivity index is 2.02. The molecule has 118 valence electrons. The van der Waals surface area contributed by atoms with E-state index in [-0.39, 0.29) is 5.91 Å². The van der Waals surface area contributed by atoms with E-state index in [1.807, 2.05) is 43.3 Å². The van der Waals surface area contributed by atoms with Crippen LogP contribution in [0.3, 0.4) is 0 Å². The molecule has 1 N–H and O–H groups in total. The standard InChI is InChI=1S/C19H19NO3/c1-2-13-7-3-6-10-16(13)18(21)20-12-11-14-8-4-5-9-15(14)17(20)19(22)23/h3-10,17H,2,11-12H2,1H3,(H,22,23). The topological polar surface area (TPSA) is 57.6 Å². The molecule has 0 bridgehead atoms. The van der Waals surface area contributed by atoms with Gasteiger partial charge in [0.2, 0.25) is 0 Å². The molecule has 2 aromatic rings. The summed E-state index contributed by atoms with van der Waals surface area (Å²) in [6.07, 6.45) is 1.42. The van der Waals surface area contributed by atoms with Gasteiger partial charge in [0.15, 0.2) is 6.04 Å². The highest BCUT2D eigenvalue weighted by atomic mass is 16.4. The molecule has 1 amide bonds. The van der Waals surface area contributed by atoms with E-state index < -0.39 is 12.0 Å². The Morgan fingerprint density at radius 3 is 2.57 bits per heavy atom. The molecule has 2 aromatic carbocycles. The summed E-state index contributed by atoms with van der Waals surface area (Å²) < 4.78 is 0. The summed E-state index contributed by atoms with van der Waals surface area (Å²) in [6.45, 7) is 2.41. The van der Waals surface area contributed by atoms with Crippen LogP contribution < -0.4 is 0 Å². The number of aryl methyl sites for hydroxylation is 1. The molecule has 23 heavy (non-hydrogen) atoms. The quantitative estimate of drug-likeness (QED) is 0.948. The molecule has 1 heterocycles. The summed E-state index contributed by atoms with van der Waals surface area (Å²) in [5.74, 6) is -1.19. The number of carboxylic acid groups (broad SMARTS) is 1. The maximum Gasteiger partial charge on any atom is 0.331 e. The number of carboxylic acids is 1. The van der Waals surface area contributed by atoms with Gasteiger partial charge < -0.3 is 10.0 Å². The Morgan fingerprint density at radius 1 is 1.13 bits per heavy atom. The molecule has 0 saturated carbocycles. The Morgan fingerprint density at radius 2 is 1.83 bits per heavy atom. The van der Waals surface area contributed by atoms with Crippen LogP contribution >= 0.6 is 0 Å². The van der Waals surface area contributed by atoms with Crippen LogP contribution in [0.2, 0.25) is 0 Å². The molecule has 1 aliphatic rings. The van der Waals surface area contributed by atoms with Gasteiger partial charge in [0.1, 0.15) is 0 Å². The number of carbonyl (C=O) groups excluding carboxylic acids is 1. The molecular weight excluding hydrogens is 290 g/mol. The monoisotopic (exact) mass is 309 g/mol. The van der Waals surface area contributed by atoms with E-state index in [0.717, 1.165) is 17.5 Å². The smallest absolute Gasteiger partial charge is 0.331 e. The molecule has 4 nitrogen and oxygen atoms in total. The summed E-state index contributed by atoms with van der Waals surface area (Å²) in [4.78, 5) is 26.3. The van der Waals surface area contributed by atoms with Crippen molar-refractivity contribution in [2.75, 3.05) is 6.54 Å². The molecule has 1 unspecified atom stereocenters. The van der Waals surface area contributed by atoms with Crippen LogP contribution in [0.1, 0.15) is 40.0 Å². The van der Waals surface area contributed by atoms with Crippen LogP contribution in [-0.2, 0) is 17.6 Å². The predicted octanol–water partition coefficient (Wildman–Crippen LogP) is 3.07. The number of carbonyl (C=O) groups is 2. The Hall–Kier alpha value is -2.62. The minimum Gasteiger partial charge on any atom is -0.479 e. The van der Waals surface area contributed by atoms with Crippen molar-refractivity contribution in [3.63, 3.8) is 0 Å². The number of hydrogen-bond acceptors (Lipinski definition) is 2. The average molecular weight is 309 g/mol. The maximum absolute atomic E-state index is 13.0. The molecule has 0 aromatic heterocycles. The van der Waals surface area contributed by atoms with Gasteiger partial charge in [-0.25, -0.2) is 4.79 Å². The van der Waals surface area contributed by atoms with Gasteiger partial charge in [-0.15, -0.1) is 0 Å². The van der Waals surface area contributed by atoms with Crippen molar-refractivity contribution in [3.05, 3.63) is 70.8 Å². The van der Waals surface area contributed by atoms with E-state index in [1.54, 1.807) is 12.1 Å². The largest absolute Gasteiger partial charge is 0.479 e. The highest BCUT2D eigenvalue weighted by Gasteiger charge is 2.36. The first-order valence-electron chi connectivity index (χ1n) is 7.83. The van der Waals surface area contributed by atoms with Crippen molar-refractivity contribution in [1.82, 2.24) is 4.90 Å². The molecule has 4 heteroatoms. The minimum absolute atomic E-state index is 0.204. The molecule has 0 aliphatic carbocycles. The second-order valence-corrected chi connectivity index (χ2v) is 5.70. The first kappa shape index (κ1) is 15.3. The van der Waals surface area contributed by atoms with Crippen molar-refractivity contribution >= 4 is 11.9 Å². The van der Waals surface area contributed by atoms with Gasteiger partial charge >= 0.3 is 5.97 Å². The maximum atomic E-state index is 13.0. The van der Waals surface area contributed by atoms with E-state index in [0.29, 0.717) is 24.1 Å². The summed E-state index contributed by atoms with van der Waals surface area (Å²) >= 11 is 0. The first-order chi connectivity index (χ1) is 11.1. The third-order valence-electron chi connectivity index (χ3n) is 4.41. The number of amides is 1. The van der Waals surface area contributed by atoms with Gasteiger partial charge in [-0.05, 0) is 35.6 Å². The van der Waals surface area contributed by atoms with Gasteiger partial charge in [-0.1, -0.05) is 49.4 Å². The number of benzene rings is 2. The fourth-order valence-electron chi connectivity index (χ4n) is 3.24. The first-order valence-corrected chi connectivity index (χ1v) is 7.83. The summed E-state index contributed by atoms with van der Waals surface area (Å²) in [5.41, 5.74) is 3.27. The zero-order valence-corrected chi connectivity index (χ0v) is 13.0. The van der Waals surface area contributed by atoms with E-state index in [4.69, 9.17) is 0 Å². The average Bonchev–Trinajstić information content (AvgIpc) is 2.59. The Kier molecular flexibility index (Phi) is 4.15. The molecule has 0 fully saturated rings. The molecule has 1 atom stereocenters. The molecular formula is C19H19NO3. The van der Waals surface area contributed by atoms with Crippen LogP contribution in [-0.4, -0.2) is 28.4 Å². The zero-order valence-electron chi connectivity index (χ0n) is 13.0. The molecule has 0 spiro atoms. The van der Waals surface area contributed by atoms with Gasteiger partial charge in [0.05, 0.1) is 0 Å². The number of rotatable bonds is 3. The van der Waals surface area contributed by atoms with E-state index in [1.165, 1.54) is 4.90 Å². The van der Waals surface area contributed by atoms with Gasteiger partial charge in [-0.2, -0.15) is 0 Å². The van der Waals surface area contributed by atoms with Crippen LogP contribution in [0.25, 0.3) is 0 Å². The van der Waals surface area contributed by atoms with Crippen molar-refractivity contribution in [2.24, 2.45) is 0 Å². The Bertz CT molecular complexity index is 754. The fraction of sp³-hybridized carbons (Fsp3) is 0.263. The summed E-state index contributed by atoms with van der Waals surface area (Å²) in [6, 6.07) is 14.0. The second-order valence-electron chi connectivity index (χ2n) is 5.70. The lowest BCUT2D eigenvalue weighted by molar-refractivity contribution is -0.143. The third kappa shape index (κ3) is 2.72. The van der Waals surface area contributed by atoms with Crippen molar-refractivity contribution in [1.29, 1.82) is 0 Å². The predicted molar refractivity (Wildman–Crippen MR) is 87.4 cm³/mol. The number of aliphatic carboxylic acids is 1.